The maximum atomic E-state index is 13.2. The number of hydrogen-bond donors (Lipinski definition) is 0. The highest BCUT2D eigenvalue weighted by molar-refractivity contribution is 7.90. The van der Waals surface area contributed by atoms with Crippen molar-refractivity contribution in [2.45, 2.75) is 49.2 Å². The first kappa shape index (κ1) is 23.8. The molecule has 31 heavy (non-hydrogen) atoms. The lowest BCUT2D eigenvalue weighted by atomic mass is 10.0. The number of benzene rings is 1. The van der Waals surface area contributed by atoms with Crippen LogP contribution >= 0.6 is 11.6 Å². The summed E-state index contributed by atoms with van der Waals surface area (Å²) in [5, 5.41) is 0.0413. The van der Waals surface area contributed by atoms with Crippen LogP contribution < -0.4 is 4.90 Å². The minimum Gasteiger partial charge on any atom is -0.274 e. The molecule has 1 aliphatic carbocycles. The number of carbonyl (C=O) groups excluding carboxylic acids is 1. The first-order valence-electron chi connectivity index (χ1n) is 10.1. The molecule has 1 saturated carbocycles. The van der Waals surface area contributed by atoms with Gasteiger partial charge < -0.3 is 0 Å². The molecule has 10 heteroatoms. The highest BCUT2D eigenvalue weighted by Crippen LogP contribution is 2.33. The van der Waals surface area contributed by atoms with E-state index >= 15 is 0 Å². The fraction of sp³-hybridized carbons (Fsp3) is 0.476. The first-order valence-corrected chi connectivity index (χ1v) is 14.1. The lowest BCUT2D eigenvalue weighted by Gasteiger charge is -2.23. The van der Waals surface area contributed by atoms with Gasteiger partial charge in [-0.15, -0.1) is 0 Å². The molecule has 1 atom stereocenters. The van der Waals surface area contributed by atoms with Crippen molar-refractivity contribution in [3.8, 4) is 0 Å². The Bertz CT molecular complexity index is 1070. The topological polar surface area (TPSA) is 97.3 Å². The monoisotopic (exact) mass is 483 g/mol. The van der Waals surface area contributed by atoms with Crippen molar-refractivity contribution in [1.29, 1.82) is 0 Å². The molecular formula is C21H26ClN3O4S2. The predicted molar refractivity (Wildman–Crippen MR) is 123 cm³/mol. The molecule has 1 aromatic carbocycles. The van der Waals surface area contributed by atoms with Crippen molar-refractivity contribution >= 4 is 49.7 Å². The second-order valence-corrected chi connectivity index (χ2v) is 11.7. The van der Waals surface area contributed by atoms with Gasteiger partial charge in [0.2, 0.25) is 5.91 Å². The van der Waals surface area contributed by atoms with E-state index in [1.807, 2.05) is 0 Å². The van der Waals surface area contributed by atoms with Gasteiger partial charge >= 0.3 is 0 Å². The van der Waals surface area contributed by atoms with Crippen molar-refractivity contribution in [2.75, 3.05) is 17.4 Å². The second kappa shape index (κ2) is 10.2. The smallest absolute Gasteiger partial charge is 0.232 e. The molecule has 7 nitrogen and oxygen atoms in total. The molecule has 1 heterocycles. The van der Waals surface area contributed by atoms with Gasteiger partial charge in [-0.1, -0.05) is 37.3 Å². The van der Waals surface area contributed by atoms with Crippen LogP contribution in [-0.4, -0.2) is 41.0 Å². The molecule has 0 aliphatic heterocycles. The average Bonchev–Trinajstić information content (AvgIpc) is 3.20. The number of amides is 1. The van der Waals surface area contributed by atoms with E-state index in [0.29, 0.717) is 29.5 Å². The van der Waals surface area contributed by atoms with Crippen molar-refractivity contribution < 1.29 is 17.4 Å². The van der Waals surface area contributed by atoms with Crippen LogP contribution in [0, 0.1) is 5.92 Å². The van der Waals surface area contributed by atoms with E-state index in [9.17, 15) is 17.4 Å². The summed E-state index contributed by atoms with van der Waals surface area (Å²) in [6.07, 6.45) is 11.5. The summed E-state index contributed by atoms with van der Waals surface area (Å²) in [6, 6.07) is 4.40. The molecule has 1 unspecified atom stereocenters. The van der Waals surface area contributed by atoms with Crippen LogP contribution in [0.25, 0.3) is 0 Å². The largest absolute Gasteiger partial charge is 0.274 e. The van der Waals surface area contributed by atoms with Crippen LogP contribution in [0.4, 0.5) is 11.5 Å². The quantitative estimate of drug-likeness (QED) is 0.561. The second-order valence-electron chi connectivity index (χ2n) is 7.89. The van der Waals surface area contributed by atoms with E-state index in [2.05, 4.69) is 9.97 Å². The molecule has 0 saturated heterocycles. The Hall–Kier alpha value is -1.84. The van der Waals surface area contributed by atoms with Crippen LogP contribution in [0.3, 0.4) is 0 Å². The van der Waals surface area contributed by atoms with Gasteiger partial charge in [0.15, 0.2) is 15.7 Å². The van der Waals surface area contributed by atoms with Gasteiger partial charge in [-0.2, -0.15) is 0 Å². The highest BCUT2D eigenvalue weighted by atomic mass is 35.5. The Morgan fingerprint density at radius 1 is 1.23 bits per heavy atom. The number of hydrogen-bond acceptors (Lipinski definition) is 6. The lowest BCUT2D eigenvalue weighted by Crippen LogP contribution is -2.27. The molecule has 1 aromatic heterocycles. The normalized spacial score (nSPS) is 15.7. The van der Waals surface area contributed by atoms with E-state index in [4.69, 9.17) is 11.6 Å². The Balaban J connectivity index is 1.92. The summed E-state index contributed by atoms with van der Waals surface area (Å²) in [7, 11) is -4.55. The summed E-state index contributed by atoms with van der Waals surface area (Å²) in [6.45, 7) is 0. The standard InChI is InChI=1S/C21H26ClN3O4S2/c1-30(27)14-16-12-24-20(13-23-16)25(21(26)10-7-15-5-3-4-6-15)17-8-9-19(18(22)11-17)31(2,28)29/h8-9,11-13,15H,3-7,10,14H2,1-2H3. The molecule has 3 rings (SSSR count). The third kappa shape index (κ3) is 6.33. The maximum absolute atomic E-state index is 13.2. The number of aromatic nitrogens is 2. The Kier molecular flexibility index (Phi) is 7.82. The Labute approximate surface area is 190 Å². The minimum atomic E-state index is -3.49. The zero-order valence-corrected chi connectivity index (χ0v) is 20.0. The number of sulfone groups is 1. The van der Waals surface area contributed by atoms with Gasteiger partial charge in [-0.25, -0.2) is 13.4 Å². The summed E-state index contributed by atoms with van der Waals surface area (Å²) < 4.78 is 35.2. The number of nitrogens with zero attached hydrogens (tertiary/aromatic N) is 3. The van der Waals surface area contributed by atoms with E-state index in [0.717, 1.165) is 25.5 Å². The molecule has 2 aromatic rings. The molecule has 0 radical (unpaired) electrons. The van der Waals surface area contributed by atoms with Gasteiger partial charge in [-0.05, 0) is 30.5 Å². The average molecular weight is 484 g/mol. The summed E-state index contributed by atoms with van der Waals surface area (Å²) in [5.74, 6) is 0.981. The minimum absolute atomic E-state index is 0.00290. The summed E-state index contributed by atoms with van der Waals surface area (Å²) in [5.41, 5.74) is 0.989. The van der Waals surface area contributed by atoms with Gasteiger partial charge in [0, 0.05) is 29.7 Å². The molecule has 1 aliphatic rings. The van der Waals surface area contributed by atoms with Crippen LogP contribution in [0.2, 0.25) is 5.02 Å². The molecular weight excluding hydrogens is 458 g/mol. The van der Waals surface area contributed by atoms with E-state index < -0.39 is 20.6 Å². The molecule has 168 valence electrons. The number of anilines is 2. The number of carbonyl (C=O) groups is 1. The van der Waals surface area contributed by atoms with Gasteiger partial charge in [-0.3, -0.25) is 18.9 Å². The van der Waals surface area contributed by atoms with Crippen molar-refractivity contribution in [2.24, 2.45) is 5.92 Å². The van der Waals surface area contributed by atoms with Crippen LogP contribution in [-0.2, 0) is 31.2 Å². The third-order valence-corrected chi connectivity index (χ3v) is 7.62. The van der Waals surface area contributed by atoms with E-state index in [1.165, 1.54) is 42.3 Å². The van der Waals surface area contributed by atoms with Gasteiger partial charge in [0.1, 0.15) is 0 Å². The lowest BCUT2D eigenvalue weighted by molar-refractivity contribution is -0.118. The van der Waals surface area contributed by atoms with Gasteiger partial charge in [0.05, 0.1) is 39.4 Å². The fourth-order valence-electron chi connectivity index (χ4n) is 3.82. The van der Waals surface area contributed by atoms with Crippen molar-refractivity contribution in [3.05, 3.63) is 41.3 Å². The molecule has 0 N–H and O–H groups in total. The Morgan fingerprint density at radius 3 is 2.48 bits per heavy atom. The molecule has 0 bridgehead atoms. The SMILES string of the molecule is CS(=O)Cc1cnc(N(C(=O)CCC2CCCC2)c2ccc(S(C)(=O)=O)c(Cl)c2)cn1. The number of halogens is 1. The molecule has 1 amide bonds. The highest BCUT2D eigenvalue weighted by Gasteiger charge is 2.24. The number of rotatable bonds is 8. The van der Waals surface area contributed by atoms with Crippen molar-refractivity contribution in [3.63, 3.8) is 0 Å². The predicted octanol–water partition coefficient (Wildman–Crippen LogP) is 4.05. The zero-order chi connectivity index (χ0) is 22.6. The van der Waals surface area contributed by atoms with Crippen LogP contribution in [0.15, 0.2) is 35.5 Å². The van der Waals surface area contributed by atoms with E-state index in [-0.39, 0.29) is 21.6 Å². The van der Waals surface area contributed by atoms with Crippen LogP contribution in [0.5, 0.6) is 0 Å². The van der Waals surface area contributed by atoms with Gasteiger partial charge in [0.25, 0.3) is 0 Å². The Morgan fingerprint density at radius 2 is 1.94 bits per heavy atom. The first-order chi connectivity index (χ1) is 14.6. The van der Waals surface area contributed by atoms with Crippen molar-refractivity contribution in [1.82, 2.24) is 9.97 Å². The molecule has 0 spiro atoms. The summed E-state index contributed by atoms with van der Waals surface area (Å²) in [4.78, 5) is 23.3. The molecule has 1 fully saturated rings. The fourth-order valence-corrected chi connectivity index (χ4v) is 5.71. The van der Waals surface area contributed by atoms with E-state index in [1.54, 1.807) is 12.3 Å². The maximum Gasteiger partial charge on any atom is 0.232 e. The third-order valence-electron chi connectivity index (χ3n) is 5.34. The van der Waals surface area contributed by atoms with Crippen LogP contribution in [0.1, 0.15) is 44.2 Å². The summed E-state index contributed by atoms with van der Waals surface area (Å²) >= 11 is 6.23. The zero-order valence-electron chi connectivity index (χ0n) is 17.6.